The third kappa shape index (κ3) is 2.80. The maximum atomic E-state index is 11.4. The van der Waals surface area contributed by atoms with E-state index in [0.29, 0.717) is 6.54 Å². The van der Waals surface area contributed by atoms with E-state index in [-0.39, 0.29) is 18.0 Å². The third-order valence-electron chi connectivity index (χ3n) is 2.08. The van der Waals surface area contributed by atoms with Gasteiger partial charge in [0.05, 0.1) is 11.8 Å². The van der Waals surface area contributed by atoms with Gasteiger partial charge in [-0.3, -0.25) is 9.48 Å². The molecule has 1 amide bonds. The fourth-order valence-corrected chi connectivity index (χ4v) is 0.996. The highest BCUT2D eigenvalue weighted by Crippen LogP contribution is 1.98. The van der Waals surface area contributed by atoms with Gasteiger partial charge >= 0.3 is 5.97 Å². The molecule has 1 rings (SSSR count). The maximum Gasteiger partial charge on any atom is 0.338 e. The summed E-state index contributed by atoms with van der Waals surface area (Å²) in [7, 11) is 1.68. The van der Waals surface area contributed by atoms with Crippen molar-refractivity contribution in [3.05, 3.63) is 18.0 Å². The summed E-state index contributed by atoms with van der Waals surface area (Å²) in [6, 6.07) is 0. The Hall–Kier alpha value is -1.85. The number of aromatic nitrogens is 2. The van der Waals surface area contributed by atoms with Crippen LogP contribution in [0.4, 0.5) is 0 Å². The molecule has 6 nitrogen and oxygen atoms in total. The molecule has 0 atom stereocenters. The lowest BCUT2D eigenvalue weighted by Gasteiger charge is -2.13. The van der Waals surface area contributed by atoms with Crippen LogP contribution in [-0.4, -0.2) is 45.3 Å². The normalized spacial score (nSPS) is 10.0. The molecule has 0 saturated carbocycles. The Kier molecular flexibility index (Phi) is 3.43. The highest BCUT2D eigenvalue weighted by atomic mass is 16.4. The second-order valence-corrected chi connectivity index (χ2v) is 3.14. The minimum atomic E-state index is -1.04. The lowest BCUT2D eigenvalue weighted by atomic mass is 10.4. The van der Waals surface area contributed by atoms with Crippen LogP contribution in [-0.2, 0) is 11.3 Å². The fraction of sp³-hybridized carbons (Fsp3) is 0.444. The summed E-state index contributed by atoms with van der Waals surface area (Å²) in [5.74, 6) is -1.14. The van der Waals surface area contributed by atoms with Crippen molar-refractivity contribution in [3.8, 4) is 0 Å². The number of aromatic carboxylic acids is 1. The van der Waals surface area contributed by atoms with Gasteiger partial charge in [-0.1, -0.05) is 0 Å². The van der Waals surface area contributed by atoms with Gasteiger partial charge in [-0.15, -0.1) is 0 Å². The fourth-order valence-electron chi connectivity index (χ4n) is 0.996. The molecule has 0 fully saturated rings. The molecule has 0 aliphatic carbocycles. The SMILES string of the molecule is CCN(C)C(=O)Cn1cc(C(=O)O)cn1. The van der Waals surface area contributed by atoms with Crippen molar-refractivity contribution in [2.45, 2.75) is 13.5 Å². The largest absolute Gasteiger partial charge is 0.478 e. The van der Waals surface area contributed by atoms with Gasteiger partial charge < -0.3 is 10.0 Å². The predicted molar refractivity (Wildman–Crippen MR) is 52.5 cm³/mol. The number of likely N-dealkylation sites (N-methyl/N-ethyl adjacent to an activating group) is 1. The maximum absolute atomic E-state index is 11.4. The molecule has 0 aromatic carbocycles. The average molecular weight is 211 g/mol. The van der Waals surface area contributed by atoms with Crippen molar-refractivity contribution >= 4 is 11.9 Å². The van der Waals surface area contributed by atoms with Gasteiger partial charge in [0.25, 0.3) is 0 Å². The number of rotatable bonds is 4. The molecular formula is C9H13N3O3. The van der Waals surface area contributed by atoms with E-state index >= 15 is 0 Å². The minimum absolute atomic E-state index is 0.0671. The molecule has 1 N–H and O–H groups in total. The Morgan fingerprint density at radius 1 is 1.60 bits per heavy atom. The van der Waals surface area contributed by atoms with Crippen molar-refractivity contribution in [2.75, 3.05) is 13.6 Å². The number of carboxylic acids is 1. The molecule has 0 aliphatic rings. The first-order valence-electron chi connectivity index (χ1n) is 4.54. The van der Waals surface area contributed by atoms with Crippen LogP contribution in [0.2, 0.25) is 0 Å². The summed E-state index contributed by atoms with van der Waals surface area (Å²) < 4.78 is 1.32. The number of carbonyl (C=O) groups is 2. The summed E-state index contributed by atoms with van der Waals surface area (Å²) >= 11 is 0. The monoisotopic (exact) mass is 211 g/mol. The van der Waals surface area contributed by atoms with Gasteiger partial charge in [-0.25, -0.2) is 4.79 Å². The van der Waals surface area contributed by atoms with E-state index in [1.54, 1.807) is 11.9 Å². The molecule has 15 heavy (non-hydrogen) atoms. The Labute approximate surface area is 87.1 Å². The molecule has 0 unspecified atom stereocenters. The average Bonchev–Trinajstić information content (AvgIpc) is 2.65. The lowest BCUT2D eigenvalue weighted by molar-refractivity contribution is -0.130. The van der Waals surface area contributed by atoms with Crippen LogP contribution in [0, 0.1) is 0 Å². The van der Waals surface area contributed by atoms with Crippen molar-refractivity contribution in [2.24, 2.45) is 0 Å². The van der Waals surface area contributed by atoms with Crippen LogP contribution in [0.5, 0.6) is 0 Å². The molecule has 0 spiro atoms. The minimum Gasteiger partial charge on any atom is -0.478 e. The second-order valence-electron chi connectivity index (χ2n) is 3.14. The summed E-state index contributed by atoms with van der Waals surface area (Å²) in [4.78, 5) is 23.5. The van der Waals surface area contributed by atoms with Crippen molar-refractivity contribution in [1.29, 1.82) is 0 Å². The molecule has 82 valence electrons. The van der Waals surface area contributed by atoms with Gasteiger partial charge in [0.1, 0.15) is 6.54 Å². The van der Waals surface area contributed by atoms with E-state index in [1.807, 2.05) is 6.92 Å². The summed E-state index contributed by atoms with van der Waals surface area (Å²) in [6.45, 7) is 2.55. The smallest absolute Gasteiger partial charge is 0.338 e. The Balaban J connectivity index is 2.65. The predicted octanol–water partition coefficient (Wildman–Crippen LogP) is 0.0596. The zero-order chi connectivity index (χ0) is 11.4. The number of amides is 1. The molecule has 0 bridgehead atoms. The van der Waals surface area contributed by atoms with Gasteiger partial charge in [0.15, 0.2) is 0 Å². The number of hydrogen-bond donors (Lipinski definition) is 1. The van der Waals surface area contributed by atoms with Gasteiger partial charge in [0, 0.05) is 19.8 Å². The second kappa shape index (κ2) is 4.59. The first-order chi connectivity index (χ1) is 7.04. The molecule has 1 aromatic heterocycles. The first-order valence-corrected chi connectivity index (χ1v) is 4.54. The Bertz CT molecular complexity index is 372. The summed E-state index contributed by atoms with van der Waals surface area (Å²) in [6.07, 6.45) is 2.56. The van der Waals surface area contributed by atoms with Crippen LogP contribution in [0.25, 0.3) is 0 Å². The van der Waals surface area contributed by atoms with Crippen LogP contribution >= 0.6 is 0 Å². The number of carbonyl (C=O) groups excluding carboxylic acids is 1. The molecule has 1 aromatic rings. The number of hydrogen-bond acceptors (Lipinski definition) is 3. The molecule has 1 heterocycles. The van der Waals surface area contributed by atoms with Gasteiger partial charge in [0.2, 0.25) is 5.91 Å². The topological polar surface area (TPSA) is 75.4 Å². The first kappa shape index (κ1) is 11.2. The third-order valence-corrected chi connectivity index (χ3v) is 2.08. The van der Waals surface area contributed by atoms with Crippen molar-refractivity contribution < 1.29 is 14.7 Å². The zero-order valence-corrected chi connectivity index (χ0v) is 8.67. The van der Waals surface area contributed by atoms with E-state index in [4.69, 9.17) is 5.11 Å². The van der Waals surface area contributed by atoms with Crippen molar-refractivity contribution in [3.63, 3.8) is 0 Å². The summed E-state index contributed by atoms with van der Waals surface area (Å²) in [5.41, 5.74) is 0.0851. The van der Waals surface area contributed by atoms with E-state index in [9.17, 15) is 9.59 Å². The van der Waals surface area contributed by atoms with Crippen molar-refractivity contribution in [1.82, 2.24) is 14.7 Å². The number of nitrogens with zero attached hydrogens (tertiary/aromatic N) is 3. The standard InChI is InChI=1S/C9H13N3O3/c1-3-11(2)8(13)6-12-5-7(4-10-12)9(14)15/h4-5H,3,6H2,1-2H3,(H,14,15). The Morgan fingerprint density at radius 3 is 2.73 bits per heavy atom. The highest BCUT2D eigenvalue weighted by Gasteiger charge is 2.10. The Morgan fingerprint density at radius 2 is 2.27 bits per heavy atom. The van der Waals surface area contributed by atoms with Gasteiger partial charge in [-0.05, 0) is 6.92 Å². The quantitative estimate of drug-likeness (QED) is 0.764. The van der Waals surface area contributed by atoms with E-state index in [2.05, 4.69) is 5.10 Å². The van der Waals surface area contributed by atoms with E-state index in [1.165, 1.54) is 17.1 Å². The number of carboxylic acid groups (broad SMARTS) is 1. The molecule has 0 aliphatic heterocycles. The molecular weight excluding hydrogens is 198 g/mol. The summed E-state index contributed by atoms with van der Waals surface area (Å²) in [5, 5.41) is 12.4. The zero-order valence-electron chi connectivity index (χ0n) is 8.67. The molecule has 6 heteroatoms. The van der Waals surface area contributed by atoms with Gasteiger partial charge in [-0.2, -0.15) is 5.10 Å². The highest BCUT2D eigenvalue weighted by molar-refractivity contribution is 5.87. The van der Waals surface area contributed by atoms with Crippen LogP contribution in [0.3, 0.4) is 0 Å². The van der Waals surface area contributed by atoms with Crippen LogP contribution in [0.15, 0.2) is 12.4 Å². The van der Waals surface area contributed by atoms with E-state index < -0.39 is 5.97 Å². The molecule has 0 radical (unpaired) electrons. The van der Waals surface area contributed by atoms with Crippen LogP contribution < -0.4 is 0 Å². The van der Waals surface area contributed by atoms with Crippen LogP contribution in [0.1, 0.15) is 17.3 Å². The van der Waals surface area contributed by atoms with E-state index in [0.717, 1.165) is 0 Å². The molecule has 0 saturated heterocycles. The lowest BCUT2D eigenvalue weighted by Crippen LogP contribution is -2.30.